The largest absolute Gasteiger partial charge is 0.286 e. The molecule has 1 aromatic heterocycles. The summed E-state index contributed by atoms with van der Waals surface area (Å²) in [5.41, 5.74) is -0.0883. The number of rotatable bonds is 3. The topological polar surface area (TPSA) is 39.2 Å². The molecule has 0 saturated carbocycles. The van der Waals surface area contributed by atoms with Crippen molar-refractivity contribution >= 4 is 36.2 Å². The van der Waals surface area contributed by atoms with E-state index in [-0.39, 0.29) is 5.78 Å². The molecule has 3 nitrogen and oxygen atoms in total. The molecule has 0 bridgehead atoms. The number of hydrogen-bond donors (Lipinski definition) is 0. The highest BCUT2D eigenvalue weighted by Crippen LogP contribution is 2.22. The average Bonchev–Trinajstić information content (AvgIpc) is 2.27. The monoisotopic (exact) mass is 347 g/mol. The Morgan fingerprint density at radius 2 is 2.12 bits per heavy atom. The van der Waals surface area contributed by atoms with E-state index in [1.54, 1.807) is 24.5 Å². The van der Waals surface area contributed by atoms with E-state index in [1.807, 2.05) is 35.1 Å². The molecule has 1 rings (SSSR count). The summed E-state index contributed by atoms with van der Waals surface area (Å²) >= 11 is 2.01. The van der Waals surface area contributed by atoms with Gasteiger partial charge >= 0.3 is 0 Å². The molecule has 0 aliphatic carbocycles. The fraction of sp³-hybridized carbons (Fsp3) is 0.273. The van der Waals surface area contributed by atoms with Crippen molar-refractivity contribution in [3.8, 4) is 11.8 Å². The van der Waals surface area contributed by atoms with Crippen molar-refractivity contribution in [2.45, 2.75) is 19.4 Å². The van der Waals surface area contributed by atoms with Crippen LogP contribution in [0, 0.1) is 11.8 Å². The lowest BCUT2D eigenvalue weighted by atomic mass is 10.1. The molecule has 1 aromatic rings. The van der Waals surface area contributed by atoms with Gasteiger partial charge in [-0.2, -0.15) is 0 Å². The molecule has 0 aromatic carbocycles. The van der Waals surface area contributed by atoms with Crippen molar-refractivity contribution in [1.29, 1.82) is 0 Å². The van der Waals surface area contributed by atoms with Crippen molar-refractivity contribution in [3.05, 3.63) is 30.1 Å². The van der Waals surface area contributed by atoms with Crippen LogP contribution in [0.15, 0.2) is 24.5 Å². The lowest BCUT2D eigenvalue weighted by Gasteiger charge is -2.13. The van der Waals surface area contributed by atoms with Gasteiger partial charge < -0.3 is 0 Å². The number of pyridine rings is 1. The summed E-state index contributed by atoms with van der Waals surface area (Å²) in [4.78, 5) is 15.5. The van der Waals surface area contributed by atoms with Crippen LogP contribution in [0.1, 0.15) is 24.2 Å². The molecule has 0 N–H and O–H groups in total. The molecule has 0 aliphatic heterocycles. The van der Waals surface area contributed by atoms with E-state index in [4.69, 9.17) is 4.18 Å². The smallest absolute Gasteiger partial charge is 0.236 e. The first-order valence-corrected chi connectivity index (χ1v) is 7.77. The van der Waals surface area contributed by atoms with Crippen molar-refractivity contribution < 1.29 is 8.98 Å². The van der Waals surface area contributed by atoms with E-state index in [1.165, 1.54) is 9.21 Å². The zero-order chi connectivity index (χ0) is 12.0. The Kier molecular flexibility index (Phi) is 5.25. The summed E-state index contributed by atoms with van der Waals surface area (Å²) in [6, 6.07) is 3.27. The van der Waals surface area contributed by atoms with E-state index in [0.717, 1.165) is 0 Å². The van der Waals surface area contributed by atoms with Crippen LogP contribution in [-0.4, -0.2) is 16.4 Å². The summed E-state index contributed by atoms with van der Waals surface area (Å²) in [6.45, 7) is 3.62. The van der Waals surface area contributed by atoms with Crippen molar-refractivity contribution in [3.63, 3.8) is 0 Å². The molecule has 0 aliphatic rings. The zero-order valence-electron chi connectivity index (χ0n) is 8.86. The second kappa shape index (κ2) is 6.23. The van der Waals surface area contributed by atoms with Gasteiger partial charge in [0.1, 0.15) is 5.60 Å². The Bertz CT molecular complexity index is 423. The standard InChI is InChI=1S/C11H10INO2S/c1-11(2,15-16-12)6-3-10(14)9-4-7-13-8-5-9/h4-5,7-8H,1-2H3. The van der Waals surface area contributed by atoms with Gasteiger partial charge in [-0.1, -0.05) is 5.92 Å². The van der Waals surface area contributed by atoms with Gasteiger partial charge in [0.05, 0.1) is 9.21 Å². The second-order valence-corrected chi connectivity index (χ2v) is 4.84. The number of hydrogen-bond acceptors (Lipinski definition) is 4. The third kappa shape index (κ3) is 4.51. The van der Waals surface area contributed by atoms with Crippen LogP contribution in [0.4, 0.5) is 0 Å². The van der Waals surface area contributed by atoms with Gasteiger partial charge in [-0.3, -0.25) is 14.0 Å². The predicted molar refractivity (Wildman–Crippen MR) is 73.1 cm³/mol. The molecule has 1 heterocycles. The van der Waals surface area contributed by atoms with Gasteiger partial charge in [-0.05, 0) is 31.9 Å². The molecule has 0 saturated heterocycles. The van der Waals surface area contributed by atoms with Crippen LogP contribution in [0.2, 0.25) is 0 Å². The highest BCUT2D eigenvalue weighted by Gasteiger charge is 2.15. The predicted octanol–water partition coefficient (Wildman–Crippen LogP) is 3.06. The zero-order valence-corrected chi connectivity index (χ0v) is 11.8. The van der Waals surface area contributed by atoms with Gasteiger partial charge in [0.15, 0.2) is 0 Å². The third-order valence-electron chi connectivity index (χ3n) is 1.66. The number of ketones is 1. The molecule has 0 atom stereocenters. The molecule has 0 amide bonds. The SMILES string of the molecule is CC(C)(C#CC(=O)c1ccncc1)OSI. The normalized spacial score (nSPS) is 10.4. The second-order valence-electron chi connectivity index (χ2n) is 3.47. The van der Waals surface area contributed by atoms with Crippen molar-refractivity contribution in [1.82, 2.24) is 4.98 Å². The highest BCUT2D eigenvalue weighted by molar-refractivity contribution is 14.2. The average molecular weight is 347 g/mol. The molecule has 5 heteroatoms. The van der Waals surface area contributed by atoms with E-state index >= 15 is 0 Å². The first kappa shape index (κ1) is 13.5. The number of aromatic nitrogens is 1. The summed E-state index contributed by atoms with van der Waals surface area (Å²) in [5, 5.41) is 0. The molecular weight excluding hydrogens is 337 g/mol. The highest BCUT2D eigenvalue weighted by atomic mass is 127. The lowest BCUT2D eigenvalue weighted by molar-refractivity contribution is 0.105. The van der Waals surface area contributed by atoms with Crippen LogP contribution in [0.5, 0.6) is 0 Å². The van der Waals surface area contributed by atoms with E-state index in [2.05, 4.69) is 16.8 Å². The molecular formula is C11H10INO2S. The molecule has 0 spiro atoms. The Labute approximate surface area is 111 Å². The van der Waals surface area contributed by atoms with Gasteiger partial charge in [-0.25, -0.2) is 0 Å². The van der Waals surface area contributed by atoms with E-state index in [0.29, 0.717) is 5.56 Å². The Morgan fingerprint density at radius 3 is 2.69 bits per heavy atom. The van der Waals surface area contributed by atoms with Crippen LogP contribution in [-0.2, 0) is 4.18 Å². The number of Topliss-reactive ketones (excluding diaryl/α,β-unsaturated/α-hetero) is 1. The minimum Gasteiger partial charge on any atom is -0.286 e. The maximum Gasteiger partial charge on any atom is 0.236 e. The number of halogens is 1. The summed E-state index contributed by atoms with van der Waals surface area (Å²) in [6.07, 6.45) is 3.13. The van der Waals surface area contributed by atoms with Crippen LogP contribution in [0.3, 0.4) is 0 Å². The maximum atomic E-state index is 11.6. The van der Waals surface area contributed by atoms with Crippen LogP contribution >= 0.6 is 30.4 Å². The van der Waals surface area contributed by atoms with E-state index in [9.17, 15) is 4.79 Å². The molecule has 0 fully saturated rings. The van der Waals surface area contributed by atoms with Gasteiger partial charge in [0.25, 0.3) is 0 Å². The van der Waals surface area contributed by atoms with E-state index < -0.39 is 5.60 Å². The number of carbonyl (C=O) groups excluding carboxylic acids is 1. The number of nitrogens with zero attached hydrogens (tertiary/aromatic N) is 1. The lowest BCUT2D eigenvalue weighted by Crippen LogP contribution is -2.18. The van der Waals surface area contributed by atoms with Crippen molar-refractivity contribution in [2.75, 3.05) is 0 Å². The number of carbonyl (C=O) groups is 1. The summed E-state index contributed by atoms with van der Waals surface area (Å²) in [7, 11) is 1.20. The minimum absolute atomic E-state index is 0.225. The van der Waals surface area contributed by atoms with Crippen LogP contribution in [0.25, 0.3) is 0 Å². The first-order chi connectivity index (χ1) is 7.55. The summed E-state index contributed by atoms with van der Waals surface area (Å²) in [5.74, 6) is 5.13. The van der Waals surface area contributed by atoms with Gasteiger partial charge in [0.2, 0.25) is 5.78 Å². The van der Waals surface area contributed by atoms with Crippen molar-refractivity contribution in [2.24, 2.45) is 0 Å². The van der Waals surface area contributed by atoms with Crippen LogP contribution < -0.4 is 0 Å². The fourth-order valence-corrected chi connectivity index (χ4v) is 2.43. The quantitative estimate of drug-likeness (QED) is 0.277. The maximum absolute atomic E-state index is 11.6. The first-order valence-electron chi connectivity index (χ1n) is 4.49. The molecule has 84 valence electrons. The molecule has 16 heavy (non-hydrogen) atoms. The fourth-order valence-electron chi connectivity index (χ4n) is 0.882. The Morgan fingerprint density at radius 1 is 1.50 bits per heavy atom. The van der Waals surface area contributed by atoms with Gasteiger partial charge in [-0.15, -0.1) is 0 Å². The van der Waals surface area contributed by atoms with Gasteiger partial charge in [0, 0.05) is 39.2 Å². The minimum atomic E-state index is -0.630. The summed E-state index contributed by atoms with van der Waals surface area (Å²) < 4.78 is 5.28. The Balaban J connectivity index is 2.76. The Hall–Kier alpha value is -0.580. The molecule has 0 unspecified atom stereocenters. The third-order valence-corrected chi connectivity index (χ3v) is 2.68. The molecule has 0 radical (unpaired) electrons.